The lowest BCUT2D eigenvalue weighted by atomic mass is 10.1. The maximum absolute atomic E-state index is 13.4. The van der Waals surface area contributed by atoms with E-state index in [0.717, 1.165) is 6.07 Å². The molecule has 0 bridgehead atoms. The smallest absolute Gasteiger partial charge is 0.388 e. The predicted octanol–water partition coefficient (Wildman–Crippen LogP) is 2.77. The zero-order chi connectivity index (χ0) is 15.2. The van der Waals surface area contributed by atoms with Crippen molar-refractivity contribution in [2.45, 2.75) is 18.5 Å². The molecule has 2 heterocycles. The number of pyridine rings is 1. The normalized spacial score (nSPS) is 23.0. The fraction of sp³-hybridized carbons (Fsp3) is 0.357. The number of alkyl halides is 4. The Balaban J connectivity index is 2.14. The van der Waals surface area contributed by atoms with Gasteiger partial charge < -0.3 is 10.0 Å². The average Bonchev–Trinajstić information content (AvgIpc) is 2.76. The highest BCUT2D eigenvalue weighted by Crippen LogP contribution is 2.37. The number of aliphatic hydroxyl groups excluding tert-OH is 1. The third-order valence-corrected chi connectivity index (χ3v) is 3.61. The van der Waals surface area contributed by atoms with Gasteiger partial charge in [0, 0.05) is 23.8 Å². The first-order valence-electron chi connectivity index (χ1n) is 6.40. The zero-order valence-corrected chi connectivity index (χ0v) is 10.8. The Labute approximate surface area is 117 Å². The van der Waals surface area contributed by atoms with Gasteiger partial charge in [-0.05, 0) is 12.1 Å². The number of fused-ring (bicyclic) bond motifs is 1. The number of hydrogen-bond donors (Lipinski definition) is 1. The summed E-state index contributed by atoms with van der Waals surface area (Å²) in [6, 6.07) is 5.32. The molecule has 0 radical (unpaired) electrons. The number of benzene rings is 1. The summed E-state index contributed by atoms with van der Waals surface area (Å²) >= 11 is 0. The Hall–Kier alpha value is -1.89. The molecule has 1 aromatic carbocycles. The Morgan fingerprint density at radius 1 is 1.19 bits per heavy atom. The molecule has 2 atom stereocenters. The minimum absolute atomic E-state index is 0.0451. The summed E-state index contributed by atoms with van der Waals surface area (Å²) in [6.07, 6.45) is -5.76. The van der Waals surface area contributed by atoms with Gasteiger partial charge in [-0.15, -0.1) is 0 Å². The summed E-state index contributed by atoms with van der Waals surface area (Å²) in [5, 5.41) is 9.77. The standard InChI is InChI=1S/C14H12F4N2O/c15-10-6-20(7-12(10)21)11-4-5-19-13-8(11)2-1-3-9(13)14(16,17)18/h1-5,10,12,21H,6-7H2/t10-,12-/m1/s1. The van der Waals surface area contributed by atoms with Crippen LogP contribution in [0.1, 0.15) is 5.56 Å². The van der Waals surface area contributed by atoms with Crippen LogP contribution in [0.3, 0.4) is 0 Å². The third-order valence-electron chi connectivity index (χ3n) is 3.61. The van der Waals surface area contributed by atoms with E-state index in [1.807, 2.05) is 0 Å². The van der Waals surface area contributed by atoms with Gasteiger partial charge in [0.1, 0.15) is 12.3 Å². The molecule has 1 aliphatic rings. The van der Waals surface area contributed by atoms with Gasteiger partial charge in [-0.1, -0.05) is 12.1 Å². The molecule has 7 heteroatoms. The molecule has 21 heavy (non-hydrogen) atoms. The third kappa shape index (κ3) is 2.42. The van der Waals surface area contributed by atoms with Crippen LogP contribution in [0.2, 0.25) is 0 Å². The first kappa shape index (κ1) is 14.1. The van der Waals surface area contributed by atoms with Crippen LogP contribution in [0.15, 0.2) is 30.5 Å². The van der Waals surface area contributed by atoms with Crippen molar-refractivity contribution in [2.24, 2.45) is 0 Å². The van der Waals surface area contributed by atoms with Crippen molar-refractivity contribution in [2.75, 3.05) is 18.0 Å². The fourth-order valence-corrected chi connectivity index (χ4v) is 2.61. The number of aromatic nitrogens is 1. The Kier molecular flexibility index (Phi) is 3.24. The van der Waals surface area contributed by atoms with Crippen molar-refractivity contribution in [3.63, 3.8) is 0 Å². The van der Waals surface area contributed by atoms with E-state index in [1.165, 1.54) is 24.4 Å². The van der Waals surface area contributed by atoms with Crippen molar-refractivity contribution >= 4 is 16.6 Å². The van der Waals surface area contributed by atoms with E-state index < -0.39 is 24.0 Å². The molecule has 0 spiro atoms. The lowest BCUT2D eigenvalue weighted by Gasteiger charge is -2.20. The van der Waals surface area contributed by atoms with Gasteiger partial charge in [0.25, 0.3) is 0 Å². The summed E-state index contributed by atoms with van der Waals surface area (Å²) in [7, 11) is 0. The van der Waals surface area contributed by atoms with Crippen LogP contribution in [0.25, 0.3) is 10.9 Å². The predicted molar refractivity (Wildman–Crippen MR) is 69.9 cm³/mol. The lowest BCUT2D eigenvalue weighted by Crippen LogP contribution is -2.21. The van der Waals surface area contributed by atoms with E-state index >= 15 is 0 Å². The minimum Gasteiger partial charge on any atom is -0.388 e. The molecular weight excluding hydrogens is 288 g/mol. The molecule has 1 fully saturated rings. The summed E-state index contributed by atoms with van der Waals surface area (Å²) < 4.78 is 52.4. The molecule has 3 rings (SSSR count). The maximum Gasteiger partial charge on any atom is 0.418 e. The Morgan fingerprint density at radius 3 is 2.57 bits per heavy atom. The summed E-state index contributed by atoms with van der Waals surface area (Å²) in [6.45, 7) is 0.00699. The topological polar surface area (TPSA) is 36.4 Å². The maximum atomic E-state index is 13.4. The summed E-state index contributed by atoms with van der Waals surface area (Å²) in [4.78, 5) is 5.36. The largest absolute Gasteiger partial charge is 0.418 e. The van der Waals surface area contributed by atoms with Gasteiger partial charge in [-0.3, -0.25) is 4.98 Å². The van der Waals surface area contributed by atoms with Crippen molar-refractivity contribution in [3.05, 3.63) is 36.0 Å². The highest BCUT2D eigenvalue weighted by atomic mass is 19.4. The number of β-amino-alcohol motifs (C(OH)–C–C–N with tert-alkyl or cyclic N) is 1. The van der Waals surface area contributed by atoms with Crippen LogP contribution in [-0.4, -0.2) is 35.5 Å². The van der Waals surface area contributed by atoms with E-state index in [-0.39, 0.29) is 18.6 Å². The molecule has 3 nitrogen and oxygen atoms in total. The number of nitrogens with zero attached hydrogens (tertiary/aromatic N) is 2. The van der Waals surface area contributed by atoms with Crippen LogP contribution in [-0.2, 0) is 6.18 Å². The van der Waals surface area contributed by atoms with Crippen LogP contribution < -0.4 is 4.90 Å². The van der Waals surface area contributed by atoms with Gasteiger partial charge >= 0.3 is 6.18 Å². The monoisotopic (exact) mass is 300 g/mol. The molecule has 0 saturated carbocycles. The SMILES string of the molecule is O[C@@H]1CN(c2ccnc3c(C(F)(F)F)cccc23)C[C@H]1F. The molecule has 0 unspecified atom stereocenters. The number of anilines is 1. The van der Waals surface area contributed by atoms with Crippen molar-refractivity contribution in [1.29, 1.82) is 0 Å². The minimum atomic E-state index is -4.50. The van der Waals surface area contributed by atoms with Gasteiger partial charge in [0.15, 0.2) is 0 Å². The van der Waals surface area contributed by atoms with Crippen molar-refractivity contribution in [1.82, 2.24) is 4.98 Å². The highest BCUT2D eigenvalue weighted by molar-refractivity contribution is 5.93. The number of halogens is 4. The number of para-hydroxylation sites is 1. The second kappa shape index (κ2) is 4.84. The summed E-state index contributed by atoms with van der Waals surface area (Å²) in [5.41, 5.74) is -0.539. The van der Waals surface area contributed by atoms with Crippen LogP contribution in [0.5, 0.6) is 0 Å². The molecule has 0 aliphatic carbocycles. The second-order valence-electron chi connectivity index (χ2n) is 5.02. The number of aliphatic hydroxyl groups is 1. The first-order chi connectivity index (χ1) is 9.88. The number of hydrogen-bond acceptors (Lipinski definition) is 3. The molecule has 1 aliphatic heterocycles. The zero-order valence-electron chi connectivity index (χ0n) is 10.8. The molecule has 1 saturated heterocycles. The van der Waals surface area contributed by atoms with Gasteiger partial charge in [-0.2, -0.15) is 13.2 Å². The van der Waals surface area contributed by atoms with Gasteiger partial charge in [0.05, 0.1) is 17.6 Å². The quantitative estimate of drug-likeness (QED) is 0.823. The van der Waals surface area contributed by atoms with Crippen molar-refractivity contribution < 1.29 is 22.7 Å². The average molecular weight is 300 g/mol. The molecule has 1 aromatic heterocycles. The summed E-state index contributed by atoms with van der Waals surface area (Å²) in [5.74, 6) is 0. The Bertz CT molecular complexity index is 664. The first-order valence-corrected chi connectivity index (χ1v) is 6.40. The lowest BCUT2D eigenvalue weighted by molar-refractivity contribution is -0.136. The Morgan fingerprint density at radius 2 is 1.95 bits per heavy atom. The van der Waals surface area contributed by atoms with Crippen LogP contribution in [0, 0.1) is 0 Å². The molecule has 0 amide bonds. The van der Waals surface area contributed by atoms with E-state index in [9.17, 15) is 22.7 Å². The number of rotatable bonds is 1. The van der Waals surface area contributed by atoms with E-state index in [0.29, 0.717) is 11.1 Å². The van der Waals surface area contributed by atoms with E-state index in [2.05, 4.69) is 4.98 Å². The van der Waals surface area contributed by atoms with Crippen LogP contribution >= 0.6 is 0 Å². The van der Waals surface area contributed by atoms with Crippen molar-refractivity contribution in [3.8, 4) is 0 Å². The van der Waals surface area contributed by atoms with Gasteiger partial charge in [0.2, 0.25) is 0 Å². The molecule has 112 valence electrons. The molecule has 2 aromatic rings. The van der Waals surface area contributed by atoms with Gasteiger partial charge in [-0.25, -0.2) is 4.39 Å². The highest BCUT2D eigenvalue weighted by Gasteiger charge is 2.35. The van der Waals surface area contributed by atoms with E-state index in [4.69, 9.17) is 0 Å². The fourth-order valence-electron chi connectivity index (χ4n) is 2.61. The van der Waals surface area contributed by atoms with E-state index in [1.54, 1.807) is 4.90 Å². The second-order valence-corrected chi connectivity index (χ2v) is 5.02. The van der Waals surface area contributed by atoms with Crippen LogP contribution in [0.4, 0.5) is 23.2 Å². The molecule has 1 N–H and O–H groups in total. The molecular formula is C14H12F4N2O.